The summed E-state index contributed by atoms with van der Waals surface area (Å²) in [6.07, 6.45) is 1.48. The van der Waals surface area contributed by atoms with Gasteiger partial charge in [0, 0.05) is 51.0 Å². The number of amides is 1. The Balaban J connectivity index is 1.38. The molecule has 1 amide bonds. The molecule has 0 radical (unpaired) electrons. The second-order valence-electron chi connectivity index (χ2n) is 6.84. The monoisotopic (exact) mass is 383 g/mol. The van der Waals surface area contributed by atoms with E-state index in [1.54, 1.807) is 13.2 Å². The van der Waals surface area contributed by atoms with E-state index in [1.807, 2.05) is 17.0 Å². The van der Waals surface area contributed by atoms with Crippen LogP contribution in [0.2, 0.25) is 0 Å². The van der Waals surface area contributed by atoms with Crippen molar-refractivity contribution in [3.63, 3.8) is 0 Å². The lowest BCUT2D eigenvalue weighted by molar-refractivity contribution is 0.0740. The van der Waals surface area contributed by atoms with Gasteiger partial charge in [-0.3, -0.25) is 4.79 Å². The van der Waals surface area contributed by atoms with Crippen molar-refractivity contribution in [2.24, 2.45) is 0 Å². The van der Waals surface area contributed by atoms with Gasteiger partial charge in [-0.15, -0.1) is 0 Å². The van der Waals surface area contributed by atoms with Gasteiger partial charge < -0.3 is 24.2 Å². The number of methoxy groups -OCH3 is 1. The molecule has 2 saturated heterocycles. The highest BCUT2D eigenvalue weighted by Crippen LogP contribution is 2.21. The molecular formula is C20H25N5O3. The summed E-state index contributed by atoms with van der Waals surface area (Å²) < 4.78 is 10.6. The molecule has 2 aliphatic rings. The number of rotatable bonds is 4. The average Bonchev–Trinajstić information content (AvgIpc) is 2.79. The summed E-state index contributed by atoms with van der Waals surface area (Å²) in [5, 5.41) is 0. The van der Waals surface area contributed by atoms with Gasteiger partial charge in [0.05, 0.1) is 20.3 Å². The maximum Gasteiger partial charge on any atom is 0.272 e. The first-order valence-corrected chi connectivity index (χ1v) is 9.57. The smallest absolute Gasteiger partial charge is 0.272 e. The number of anilines is 2. The summed E-state index contributed by atoms with van der Waals surface area (Å²) >= 11 is 0. The summed E-state index contributed by atoms with van der Waals surface area (Å²) in [4.78, 5) is 27.7. The first kappa shape index (κ1) is 18.5. The van der Waals surface area contributed by atoms with E-state index in [0.29, 0.717) is 32.0 Å². The van der Waals surface area contributed by atoms with E-state index in [9.17, 15) is 4.79 Å². The van der Waals surface area contributed by atoms with E-state index >= 15 is 0 Å². The first-order valence-electron chi connectivity index (χ1n) is 9.57. The van der Waals surface area contributed by atoms with Crippen LogP contribution >= 0.6 is 0 Å². The van der Waals surface area contributed by atoms with Crippen LogP contribution in [0.3, 0.4) is 0 Å². The van der Waals surface area contributed by atoms with Crippen molar-refractivity contribution in [2.45, 2.75) is 0 Å². The summed E-state index contributed by atoms with van der Waals surface area (Å²) in [6, 6.07) is 9.82. The summed E-state index contributed by atoms with van der Waals surface area (Å²) in [6.45, 7) is 5.85. The molecule has 8 heteroatoms. The second kappa shape index (κ2) is 8.43. The number of ether oxygens (including phenoxy) is 2. The Morgan fingerprint density at radius 3 is 2.36 bits per heavy atom. The van der Waals surface area contributed by atoms with Crippen molar-refractivity contribution in [1.82, 2.24) is 14.9 Å². The van der Waals surface area contributed by atoms with Crippen LogP contribution < -0.4 is 14.5 Å². The molecule has 0 bridgehead atoms. The van der Waals surface area contributed by atoms with Gasteiger partial charge in [-0.25, -0.2) is 9.97 Å². The maximum atomic E-state index is 12.9. The SMILES string of the molecule is COc1ccc(N2CCN(C(=O)c3cc(N4CCOCC4)ncn3)CC2)cc1. The van der Waals surface area contributed by atoms with Crippen LogP contribution in [0, 0.1) is 0 Å². The van der Waals surface area contributed by atoms with Crippen LogP contribution in [0.5, 0.6) is 5.75 Å². The number of piperazine rings is 1. The number of benzene rings is 1. The van der Waals surface area contributed by atoms with E-state index in [0.717, 1.165) is 43.4 Å². The first-order chi connectivity index (χ1) is 13.7. The molecule has 0 aliphatic carbocycles. The molecule has 0 N–H and O–H groups in total. The second-order valence-corrected chi connectivity index (χ2v) is 6.84. The van der Waals surface area contributed by atoms with Gasteiger partial charge in [0.15, 0.2) is 0 Å². The Morgan fingerprint density at radius 2 is 1.68 bits per heavy atom. The van der Waals surface area contributed by atoms with Gasteiger partial charge in [-0.05, 0) is 24.3 Å². The highest BCUT2D eigenvalue weighted by molar-refractivity contribution is 5.93. The lowest BCUT2D eigenvalue weighted by Crippen LogP contribution is -2.49. The molecule has 8 nitrogen and oxygen atoms in total. The minimum absolute atomic E-state index is 0.0358. The molecule has 148 valence electrons. The average molecular weight is 383 g/mol. The van der Waals surface area contributed by atoms with E-state index in [2.05, 4.69) is 31.9 Å². The quantitative estimate of drug-likeness (QED) is 0.788. The minimum atomic E-state index is -0.0358. The molecule has 2 fully saturated rings. The zero-order valence-corrected chi connectivity index (χ0v) is 16.1. The maximum absolute atomic E-state index is 12.9. The van der Waals surface area contributed by atoms with Crippen molar-refractivity contribution in [3.8, 4) is 5.75 Å². The lowest BCUT2D eigenvalue weighted by Gasteiger charge is -2.36. The molecule has 0 unspecified atom stereocenters. The van der Waals surface area contributed by atoms with E-state index in [-0.39, 0.29) is 5.91 Å². The topological polar surface area (TPSA) is 71.0 Å². The Morgan fingerprint density at radius 1 is 0.964 bits per heavy atom. The normalized spacial score (nSPS) is 17.5. The van der Waals surface area contributed by atoms with Crippen molar-refractivity contribution in [2.75, 3.05) is 69.4 Å². The number of hydrogen-bond donors (Lipinski definition) is 0. The van der Waals surface area contributed by atoms with Gasteiger partial charge in [0.2, 0.25) is 0 Å². The largest absolute Gasteiger partial charge is 0.497 e. The minimum Gasteiger partial charge on any atom is -0.497 e. The summed E-state index contributed by atoms with van der Waals surface area (Å²) in [7, 11) is 1.66. The number of hydrogen-bond acceptors (Lipinski definition) is 7. The number of carbonyl (C=O) groups is 1. The van der Waals surface area contributed by atoms with Crippen molar-refractivity contribution < 1.29 is 14.3 Å². The zero-order valence-electron chi connectivity index (χ0n) is 16.1. The van der Waals surface area contributed by atoms with E-state index < -0.39 is 0 Å². The molecule has 2 aliphatic heterocycles. The number of aromatic nitrogens is 2. The molecule has 4 rings (SSSR count). The summed E-state index contributed by atoms with van der Waals surface area (Å²) in [5.74, 6) is 1.60. The third-order valence-corrected chi connectivity index (χ3v) is 5.21. The van der Waals surface area contributed by atoms with Crippen molar-refractivity contribution in [3.05, 3.63) is 42.4 Å². The van der Waals surface area contributed by atoms with E-state index in [4.69, 9.17) is 9.47 Å². The Hall–Kier alpha value is -2.87. The van der Waals surface area contributed by atoms with Gasteiger partial charge in [0.1, 0.15) is 23.6 Å². The Labute approximate surface area is 164 Å². The predicted molar refractivity (Wildman–Crippen MR) is 106 cm³/mol. The van der Waals surface area contributed by atoms with Gasteiger partial charge in [-0.1, -0.05) is 0 Å². The number of carbonyl (C=O) groups excluding carboxylic acids is 1. The zero-order chi connectivity index (χ0) is 19.3. The molecule has 1 aromatic heterocycles. The Kier molecular flexibility index (Phi) is 5.57. The Bertz CT molecular complexity index is 800. The molecule has 28 heavy (non-hydrogen) atoms. The number of nitrogens with zero attached hydrogens (tertiary/aromatic N) is 5. The van der Waals surface area contributed by atoms with Crippen LogP contribution in [0.25, 0.3) is 0 Å². The van der Waals surface area contributed by atoms with Crippen molar-refractivity contribution in [1.29, 1.82) is 0 Å². The van der Waals surface area contributed by atoms with Crippen LogP contribution in [0.1, 0.15) is 10.5 Å². The highest BCUT2D eigenvalue weighted by atomic mass is 16.5. The number of morpholine rings is 1. The van der Waals surface area contributed by atoms with Crippen LogP contribution in [-0.2, 0) is 4.74 Å². The van der Waals surface area contributed by atoms with Gasteiger partial charge in [-0.2, -0.15) is 0 Å². The molecule has 2 aromatic rings. The fraction of sp³-hybridized carbons (Fsp3) is 0.450. The van der Waals surface area contributed by atoms with Gasteiger partial charge in [0.25, 0.3) is 5.91 Å². The van der Waals surface area contributed by atoms with E-state index in [1.165, 1.54) is 6.33 Å². The molecule has 0 spiro atoms. The lowest BCUT2D eigenvalue weighted by atomic mass is 10.2. The predicted octanol–water partition coefficient (Wildman–Crippen LogP) is 1.28. The third kappa shape index (κ3) is 4.01. The van der Waals surface area contributed by atoms with Crippen LogP contribution in [0.15, 0.2) is 36.7 Å². The highest BCUT2D eigenvalue weighted by Gasteiger charge is 2.24. The molecule has 1 aromatic carbocycles. The fourth-order valence-electron chi connectivity index (χ4n) is 3.55. The molecule has 0 atom stereocenters. The molecule has 0 saturated carbocycles. The molecular weight excluding hydrogens is 358 g/mol. The van der Waals surface area contributed by atoms with Crippen LogP contribution in [0.4, 0.5) is 11.5 Å². The van der Waals surface area contributed by atoms with Crippen LogP contribution in [-0.4, -0.2) is 80.4 Å². The molecule has 3 heterocycles. The van der Waals surface area contributed by atoms with Crippen molar-refractivity contribution >= 4 is 17.4 Å². The summed E-state index contributed by atoms with van der Waals surface area (Å²) in [5.41, 5.74) is 1.60. The standard InChI is InChI=1S/C20H25N5O3/c1-27-17-4-2-16(3-5-17)23-6-8-25(9-7-23)20(26)18-14-19(22-15-21-18)24-10-12-28-13-11-24/h2-5,14-15H,6-13H2,1H3. The fourth-order valence-corrected chi connectivity index (χ4v) is 3.55. The third-order valence-electron chi connectivity index (χ3n) is 5.21. The van der Waals surface area contributed by atoms with Gasteiger partial charge >= 0.3 is 0 Å².